The lowest BCUT2D eigenvalue weighted by Gasteiger charge is -2.09. The van der Waals surface area contributed by atoms with Crippen molar-refractivity contribution in [3.05, 3.63) is 401 Å². The summed E-state index contributed by atoms with van der Waals surface area (Å²) >= 11 is 0. The van der Waals surface area contributed by atoms with Gasteiger partial charge in [0.05, 0.1) is 11.0 Å². The normalized spacial score (nSPS) is 11.5. The molecule has 0 aliphatic heterocycles. The minimum atomic E-state index is 0.905. The van der Waals surface area contributed by atoms with Crippen LogP contribution in [0.3, 0.4) is 0 Å². The Morgan fingerprint density at radius 2 is 0.423 bits per heavy atom. The predicted molar refractivity (Wildman–Crippen MR) is 435 cm³/mol. The number of furan rings is 2. The van der Waals surface area contributed by atoms with Gasteiger partial charge in [0.25, 0.3) is 0 Å². The summed E-state index contributed by atoms with van der Waals surface area (Å²) in [6.45, 7) is 0. The number of hydrogen-bond acceptors (Lipinski definition) is 2. The summed E-state index contributed by atoms with van der Waals surface area (Å²) in [5, 5.41) is 6.97. The van der Waals surface area contributed by atoms with Crippen LogP contribution < -0.4 is 0 Å². The fraction of sp³-hybridized carbons (Fsp3) is 0. The topological polar surface area (TPSA) is 36.1 Å². The van der Waals surface area contributed by atoms with Gasteiger partial charge in [-0.2, -0.15) is 0 Å². The third-order valence-corrected chi connectivity index (χ3v) is 20.6. The monoisotopic (exact) mass is 1330 g/mol. The van der Waals surface area contributed by atoms with Gasteiger partial charge in [-0.1, -0.05) is 315 Å². The number of fused-ring (bicyclic) bond motifs is 8. The van der Waals surface area contributed by atoms with Gasteiger partial charge in [-0.25, -0.2) is 0 Å². The van der Waals surface area contributed by atoms with E-state index in [1.165, 1.54) is 105 Å². The zero-order valence-corrected chi connectivity index (χ0v) is 56.8. The van der Waals surface area contributed by atoms with E-state index in [4.69, 9.17) is 8.83 Å². The Morgan fingerprint density at radius 1 is 0.163 bits per heavy atom. The summed E-state index contributed by atoms with van der Waals surface area (Å²) < 4.78 is 17.6. The van der Waals surface area contributed by atoms with Crippen molar-refractivity contribution in [1.82, 2.24) is 9.13 Å². The maximum Gasteiger partial charge on any atom is 0.143 e. The van der Waals surface area contributed by atoms with Gasteiger partial charge >= 0.3 is 0 Å². The molecule has 0 radical (unpaired) electrons. The van der Waals surface area contributed by atoms with E-state index in [2.05, 4.69) is 404 Å². The van der Waals surface area contributed by atoms with Gasteiger partial charge in [-0.05, 0) is 162 Å². The van der Waals surface area contributed by atoms with Gasteiger partial charge in [0, 0.05) is 78.3 Å². The number of para-hydroxylation sites is 2. The van der Waals surface area contributed by atoms with Gasteiger partial charge in [0.2, 0.25) is 0 Å². The van der Waals surface area contributed by atoms with E-state index < -0.39 is 0 Å². The lowest BCUT2D eigenvalue weighted by atomic mass is 9.97. The van der Waals surface area contributed by atoms with E-state index in [0.717, 1.165) is 83.0 Å². The summed E-state index contributed by atoms with van der Waals surface area (Å²) in [5.74, 6) is 0. The number of hydrogen-bond donors (Lipinski definition) is 0. The molecule has 0 saturated carbocycles. The first-order valence-corrected chi connectivity index (χ1v) is 35.5. The molecule has 0 aliphatic rings. The van der Waals surface area contributed by atoms with Crippen LogP contribution in [0.2, 0.25) is 0 Å². The van der Waals surface area contributed by atoms with Gasteiger partial charge in [0.1, 0.15) is 22.3 Å². The molecule has 104 heavy (non-hydrogen) atoms. The van der Waals surface area contributed by atoms with E-state index in [9.17, 15) is 0 Å². The highest BCUT2D eigenvalue weighted by Gasteiger charge is 2.20. The molecule has 0 spiro atoms. The third kappa shape index (κ3) is 11.4. The Bertz CT molecular complexity index is 6490. The molecule has 4 aromatic heterocycles. The predicted octanol–water partition coefficient (Wildman–Crippen LogP) is 27.7. The minimum Gasteiger partial charge on any atom is -0.456 e. The molecule has 0 bridgehead atoms. The van der Waals surface area contributed by atoms with Gasteiger partial charge < -0.3 is 18.0 Å². The van der Waals surface area contributed by atoms with Crippen LogP contribution in [0.5, 0.6) is 0 Å². The van der Waals surface area contributed by atoms with E-state index >= 15 is 0 Å². The molecule has 4 nitrogen and oxygen atoms in total. The molecule has 0 N–H and O–H groups in total. The smallest absolute Gasteiger partial charge is 0.143 e. The Hall–Kier alpha value is -13.8. The first-order valence-electron chi connectivity index (χ1n) is 35.5. The van der Waals surface area contributed by atoms with Crippen molar-refractivity contribution >= 4 is 65.7 Å². The van der Waals surface area contributed by atoms with Crippen LogP contribution in [-0.4, -0.2) is 9.13 Å². The zero-order valence-electron chi connectivity index (χ0n) is 56.8. The van der Waals surface area contributed by atoms with E-state index in [1.807, 2.05) is 6.07 Å². The van der Waals surface area contributed by atoms with Gasteiger partial charge in [-0.3, -0.25) is 0 Å². The van der Waals surface area contributed by atoms with Crippen LogP contribution in [-0.2, 0) is 0 Å². The van der Waals surface area contributed by atoms with Gasteiger partial charge in [0.15, 0.2) is 0 Å². The Morgan fingerprint density at radius 3 is 0.808 bits per heavy atom. The van der Waals surface area contributed by atoms with Crippen LogP contribution in [0.15, 0.2) is 409 Å². The van der Waals surface area contributed by atoms with Crippen molar-refractivity contribution in [3.8, 4) is 123 Å². The summed E-state index contributed by atoms with van der Waals surface area (Å²) in [6.07, 6.45) is 4.57. The second kappa shape index (κ2) is 26.4. The summed E-state index contributed by atoms with van der Waals surface area (Å²) in [4.78, 5) is 0. The second-order valence-electron chi connectivity index (χ2n) is 26.7. The SMILES string of the molecule is c1ccc(-c2ccc(-c3ccc4c(c3)c(-c3ccc(-c5ccccc5)cc3)cn4-c3ccc(-c4cccc5c4oc4c(-c6ccccc6)cccc45)cc3)cc2)cc1.c1ccc(-c2ccc3c(c2)c(-c2ccccc2)cn3-c2ccc(-c3ccc4oc5ccc(-c6ccccc6)cc5c4c3)cc2)cc1. The highest BCUT2D eigenvalue weighted by molar-refractivity contribution is 6.13. The van der Waals surface area contributed by atoms with Crippen LogP contribution in [0, 0.1) is 0 Å². The molecule has 4 heterocycles. The summed E-state index contributed by atoms with van der Waals surface area (Å²) in [6, 6.07) is 139. The lowest BCUT2D eigenvalue weighted by Crippen LogP contribution is -1.92. The Balaban J connectivity index is 0.000000147. The average molecular weight is 1330 g/mol. The molecule has 0 amide bonds. The number of rotatable bonds is 12. The molecule has 0 aliphatic carbocycles. The lowest BCUT2D eigenvalue weighted by molar-refractivity contribution is 0.669. The van der Waals surface area contributed by atoms with E-state index in [1.54, 1.807) is 0 Å². The first kappa shape index (κ1) is 61.3. The van der Waals surface area contributed by atoms with Crippen LogP contribution in [0.1, 0.15) is 0 Å². The molecule has 0 saturated heterocycles. The largest absolute Gasteiger partial charge is 0.456 e. The fourth-order valence-electron chi connectivity index (χ4n) is 15.2. The van der Waals surface area contributed by atoms with Crippen LogP contribution in [0.25, 0.3) is 188 Å². The molecule has 0 unspecified atom stereocenters. The summed E-state index contributed by atoms with van der Waals surface area (Å²) in [7, 11) is 0. The van der Waals surface area contributed by atoms with Crippen molar-refractivity contribution in [2.75, 3.05) is 0 Å². The maximum atomic E-state index is 6.76. The van der Waals surface area contributed by atoms with Crippen molar-refractivity contribution in [3.63, 3.8) is 0 Å². The van der Waals surface area contributed by atoms with Crippen molar-refractivity contribution in [2.45, 2.75) is 0 Å². The molecular formula is C100H66N2O2. The molecule has 0 atom stereocenters. The zero-order chi connectivity index (χ0) is 68.9. The van der Waals surface area contributed by atoms with Crippen LogP contribution in [0.4, 0.5) is 0 Å². The molecule has 4 heteroatoms. The van der Waals surface area contributed by atoms with E-state index in [-0.39, 0.29) is 0 Å². The van der Waals surface area contributed by atoms with Gasteiger partial charge in [-0.15, -0.1) is 0 Å². The highest BCUT2D eigenvalue weighted by Crippen LogP contribution is 2.44. The van der Waals surface area contributed by atoms with Crippen LogP contribution >= 0.6 is 0 Å². The molecule has 488 valence electrons. The standard InChI is InChI=1S/C56H37NO.C44H29NO/c1-4-12-38(13-5-1)40-22-24-42(25-23-40)46-32-35-54-52(36-46)53(45-28-26-41(27-29-45)39-14-6-2-7-15-39)37-57(54)47-33-30-44(31-34-47)49-19-11-21-51-50-20-10-18-48(55(50)58-56(49)51)43-16-8-3-9-17-43;1-4-10-30(11-5-1)34-18-23-42-38(26-34)41(33-14-8-3-9-15-33)29-45(42)37-21-16-32(17-22-37)36-20-25-44-40(28-36)39-27-35(19-24-43(39)46-44)31-12-6-2-7-13-31/h1-37H;1-29H. The first-order chi connectivity index (χ1) is 51.5. The molecule has 20 rings (SSSR count). The molecular weight excluding hydrogens is 1260 g/mol. The average Bonchev–Trinajstić information content (AvgIpc) is 1.61. The van der Waals surface area contributed by atoms with Crippen molar-refractivity contribution < 1.29 is 8.83 Å². The summed E-state index contributed by atoms with van der Waals surface area (Å²) in [5.41, 5.74) is 31.9. The molecule has 20 aromatic rings. The van der Waals surface area contributed by atoms with Crippen molar-refractivity contribution in [1.29, 1.82) is 0 Å². The second-order valence-corrected chi connectivity index (χ2v) is 26.7. The number of benzene rings is 16. The number of aromatic nitrogens is 2. The number of nitrogens with zero attached hydrogens (tertiary/aromatic N) is 2. The molecule has 16 aromatic carbocycles. The molecule has 0 fully saturated rings. The maximum absolute atomic E-state index is 6.76. The Labute approximate surface area is 603 Å². The Kier molecular flexibility index (Phi) is 15.5. The quantitative estimate of drug-likeness (QED) is 0.122. The van der Waals surface area contributed by atoms with Crippen molar-refractivity contribution in [2.24, 2.45) is 0 Å². The minimum absolute atomic E-state index is 0.905. The fourth-order valence-corrected chi connectivity index (χ4v) is 15.2. The highest BCUT2D eigenvalue weighted by atomic mass is 16.3. The van der Waals surface area contributed by atoms with E-state index in [0.29, 0.717) is 0 Å². The third-order valence-electron chi connectivity index (χ3n) is 20.6.